The Morgan fingerprint density at radius 1 is 1.04 bits per heavy atom. The van der Waals surface area contributed by atoms with Gasteiger partial charge in [0.2, 0.25) is 5.91 Å². The first-order valence-corrected chi connectivity index (χ1v) is 8.60. The Hall–Kier alpha value is -2.90. The van der Waals surface area contributed by atoms with Gasteiger partial charge in [-0.15, -0.1) is 0 Å². The second-order valence-electron chi connectivity index (χ2n) is 7.37. The van der Waals surface area contributed by atoms with Crippen LogP contribution in [0.15, 0.2) is 42.5 Å². The van der Waals surface area contributed by atoms with E-state index in [9.17, 15) is 22.8 Å². The van der Waals surface area contributed by atoms with Gasteiger partial charge in [-0.05, 0) is 29.7 Å². The fraction of sp³-hybridized carbons (Fsp3) is 0.350. The summed E-state index contributed by atoms with van der Waals surface area (Å²) in [5.41, 5.74) is -0.870. The van der Waals surface area contributed by atoms with Crippen molar-refractivity contribution in [1.29, 1.82) is 0 Å². The van der Waals surface area contributed by atoms with Crippen LogP contribution in [0.1, 0.15) is 36.8 Å². The highest BCUT2D eigenvalue weighted by Crippen LogP contribution is 2.31. The van der Waals surface area contributed by atoms with E-state index in [2.05, 4.69) is 15.6 Å². The maximum atomic E-state index is 12.9. The molecule has 0 aliphatic rings. The van der Waals surface area contributed by atoms with E-state index < -0.39 is 29.1 Å². The van der Waals surface area contributed by atoms with Crippen LogP contribution in [-0.2, 0) is 11.0 Å². The number of halogens is 3. The van der Waals surface area contributed by atoms with Gasteiger partial charge >= 0.3 is 6.18 Å². The summed E-state index contributed by atoms with van der Waals surface area (Å²) in [7, 11) is 1.47. The molecule has 1 atom stereocenters. The predicted molar refractivity (Wildman–Crippen MR) is 99.5 cm³/mol. The summed E-state index contributed by atoms with van der Waals surface area (Å²) in [6.45, 7) is 5.42. The second kappa shape index (κ2) is 8.00. The predicted octanol–water partition coefficient (Wildman–Crippen LogP) is 3.66. The smallest absolute Gasteiger partial charge is 0.357 e. The average molecular weight is 393 g/mol. The molecule has 2 amide bonds. The van der Waals surface area contributed by atoms with Gasteiger partial charge in [0.1, 0.15) is 11.7 Å². The lowest BCUT2D eigenvalue weighted by atomic mass is 9.86. The highest BCUT2D eigenvalue weighted by Gasteiger charge is 2.33. The Bertz CT molecular complexity index is 873. The number of hydrogen-bond acceptors (Lipinski definition) is 3. The topological polar surface area (TPSA) is 71.1 Å². The molecule has 1 unspecified atom stereocenters. The molecule has 0 fully saturated rings. The van der Waals surface area contributed by atoms with Crippen molar-refractivity contribution in [1.82, 2.24) is 15.6 Å². The third-order valence-electron chi connectivity index (χ3n) is 4.12. The van der Waals surface area contributed by atoms with Gasteiger partial charge in [0.15, 0.2) is 0 Å². The van der Waals surface area contributed by atoms with E-state index in [1.807, 2.05) is 0 Å². The molecule has 0 spiro atoms. The number of likely N-dealkylation sites (N-methyl/N-ethyl adjacent to an activating group) is 1. The van der Waals surface area contributed by atoms with Gasteiger partial charge < -0.3 is 10.6 Å². The van der Waals surface area contributed by atoms with Crippen LogP contribution in [0.25, 0.3) is 11.3 Å². The van der Waals surface area contributed by atoms with E-state index in [4.69, 9.17) is 0 Å². The van der Waals surface area contributed by atoms with Crippen molar-refractivity contribution in [3.8, 4) is 11.3 Å². The minimum absolute atomic E-state index is 0.00747. The lowest BCUT2D eigenvalue weighted by Crippen LogP contribution is -2.53. The number of amides is 2. The van der Waals surface area contributed by atoms with Gasteiger partial charge in [0.05, 0.1) is 11.3 Å². The zero-order valence-corrected chi connectivity index (χ0v) is 16.0. The van der Waals surface area contributed by atoms with Crippen LogP contribution in [0.2, 0.25) is 0 Å². The molecule has 1 aromatic carbocycles. The minimum atomic E-state index is -4.47. The summed E-state index contributed by atoms with van der Waals surface area (Å²) >= 11 is 0. The number of hydrogen-bond donors (Lipinski definition) is 2. The quantitative estimate of drug-likeness (QED) is 0.833. The first-order chi connectivity index (χ1) is 12.9. The molecule has 0 saturated heterocycles. The van der Waals surface area contributed by atoms with E-state index in [0.717, 1.165) is 12.1 Å². The molecule has 2 rings (SSSR count). The molecule has 5 nitrogen and oxygen atoms in total. The van der Waals surface area contributed by atoms with Crippen molar-refractivity contribution in [2.45, 2.75) is 33.0 Å². The summed E-state index contributed by atoms with van der Waals surface area (Å²) in [6, 6.07) is 8.41. The van der Waals surface area contributed by atoms with Crippen molar-refractivity contribution in [2.75, 3.05) is 7.05 Å². The summed E-state index contributed by atoms with van der Waals surface area (Å²) in [5.74, 6) is -0.938. The van der Waals surface area contributed by atoms with Gasteiger partial charge in [0.25, 0.3) is 5.91 Å². The van der Waals surface area contributed by atoms with E-state index in [1.54, 1.807) is 20.8 Å². The van der Waals surface area contributed by atoms with Crippen LogP contribution in [0.3, 0.4) is 0 Å². The number of carbonyl (C=O) groups excluding carboxylic acids is 2. The van der Waals surface area contributed by atoms with Gasteiger partial charge in [0, 0.05) is 12.6 Å². The molecule has 1 heterocycles. The van der Waals surface area contributed by atoms with Crippen molar-refractivity contribution < 1.29 is 22.8 Å². The van der Waals surface area contributed by atoms with Crippen LogP contribution in [0.4, 0.5) is 13.2 Å². The van der Waals surface area contributed by atoms with Crippen LogP contribution in [0.5, 0.6) is 0 Å². The Kier molecular flexibility index (Phi) is 6.11. The molecule has 0 aliphatic heterocycles. The summed E-state index contributed by atoms with van der Waals surface area (Å²) in [6.07, 6.45) is -4.47. The molecule has 0 aliphatic carbocycles. The standard InChI is InChI=1S/C20H22F3N3O2/c1-19(2,3)16(18(28)24-4)26-17(27)15-10-6-9-14(25-15)12-7-5-8-13(11-12)20(21,22)23/h5-11,16H,1-4H3,(H,24,28)(H,26,27). The molecule has 8 heteroatoms. The number of alkyl halides is 3. The monoisotopic (exact) mass is 393 g/mol. The SMILES string of the molecule is CNC(=O)C(NC(=O)c1cccc(-c2cccc(C(F)(F)F)c2)n1)C(C)(C)C. The maximum absolute atomic E-state index is 12.9. The minimum Gasteiger partial charge on any atom is -0.357 e. The number of aromatic nitrogens is 1. The molecular weight excluding hydrogens is 371 g/mol. The van der Waals surface area contributed by atoms with Crippen molar-refractivity contribution in [3.63, 3.8) is 0 Å². The molecule has 1 aromatic heterocycles. The fourth-order valence-corrected chi connectivity index (χ4v) is 2.60. The van der Waals surface area contributed by atoms with Gasteiger partial charge in [-0.1, -0.05) is 39.0 Å². The van der Waals surface area contributed by atoms with Crippen LogP contribution >= 0.6 is 0 Å². The first kappa shape index (κ1) is 21.4. The zero-order valence-electron chi connectivity index (χ0n) is 16.0. The van der Waals surface area contributed by atoms with Crippen LogP contribution < -0.4 is 10.6 Å². The van der Waals surface area contributed by atoms with E-state index >= 15 is 0 Å². The van der Waals surface area contributed by atoms with Crippen LogP contribution in [0, 0.1) is 5.41 Å². The van der Waals surface area contributed by atoms with Crippen molar-refractivity contribution in [3.05, 3.63) is 53.7 Å². The molecule has 0 radical (unpaired) electrons. The number of nitrogens with zero attached hydrogens (tertiary/aromatic N) is 1. The van der Waals surface area contributed by atoms with Crippen molar-refractivity contribution >= 4 is 11.8 Å². The molecule has 150 valence electrons. The summed E-state index contributed by atoms with van der Waals surface area (Å²) in [5, 5.41) is 5.15. The third-order valence-corrected chi connectivity index (χ3v) is 4.12. The largest absolute Gasteiger partial charge is 0.416 e. The Morgan fingerprint density at radius 3 is 2.25 bits per heavy atom. The second-order valence-corrected chi connectivity index (χ2v) is 7.37. The Morgan fingerprint density at radius 2 is 1.68 bits per heavy atom. The van der Waals surface area contributed by atoms with Gasteiger partial charge in [-0.3, -0.25) is 9.59 Å². The lowest BCUT2D eigenvalue weighted by molar-refractivity contribution is -0.137. The molecule has 28 heavy (non-hydrogen) atoms. The maximum Gasteiger partial charge on any atom is 0.416 e. The zero-order chi connectivity index (χ0) is 21.1. The number of carbonyl (C=O) groups is 2. The number of nitrogens with one attached hydrogen (secondary N) is 2. The normalized spacial score (nSPS) is 13.0. The van der Waals surface area contributed by atoms with E-state index in [0.29, 0.717) is 0 Å². The Balaban J connectivity index is 2.32. The number of pyridine rings is 1. The van der Waals surface area contributed by atoms with E-state index in [1.165, 1.54) is 37.4 Å². The fourth-order valence-electron chi connectivity index (χ4n) is 2.60. The molecular formula is C20H22F3N3O2. The summed E-state index contributed by atoms with van der Waals surface area (Å²) < 4.78 is 38.8. The number of rotatable bonds is 4. The lowest BCUT2D eigenvalue weighted by Gasteiger charge is -2.29. The van der Waals surface area contributed by atoms with Crippen molar-refractivity contribution in [2.24, 2.45) is 5.41 Å². The third kappa shape index (κ3) is 5.09. The molecule has 2 aromatic rings. The molecule has 0 saturated carbocycles. The Labute approximate surface area is 161 Å². The number of benzene rings is 1. The highest BCUT2D eigenvalue weighted by atomic mass is 19.4. The van der Waals surface area contributed by atoms with Gasteiger partial charge in [-0.2, -0.15) is 13.2 Å². The first-order valence-electron chi connectivity index (χ1n) is 8.60. The van der Waals surface area contributed by atoms with Gasteiger partial charge in [-0.25, -0.2) is 4.98 Å². The highest BCUT2D eigenvalue weighted by molar-refractivity contribution is 5.96. The van der Waals surface area contributed by atoms with E-state index in [-0.39, 0.29) is 22.9 Å². The average Bonchev–Trinajstić information content (AvgIpc) is 2.64. The molecule has 2 N–H and O–H groups in total. The summed E-state index contributed by atoms with van der Waals surface area (Å²) in [4.78, 5) is 28.9. The molecule has 0 bridgehead atoms. The van der Waals surface area contributed by atoms with Crippen LogP contribution in [-0.4, -0.2) is 29.9 Å².